The Morgan fingerprint density at radius 1 is 1.37 bits per heavy atom. The fourth-order valence-electron chi connectivity index (χ4n) is 2.39. The first-order valence-corrected chi connectivity index (χ1v) is 12.7. The number of halogens is 2. The summed E-state index contributed by atoms with van der Waals surface area (Å²) >= 11 is -1.08. The number of nitrogens with zero attached hydrogens (tertiary/aromatic N) is 1. The molecule has 0 radical (unpaired) electrons. The molecule has 1 aliphatic rings. The molecule has 0 saturated heterocycles. The highest BCUT2D eigenvalue weighted by atomic mass is 127. The van der Waals surface area contributed by atoms with Crippen molar-refractivity contribution in [3.63, 3.8) is 0 Å². The van der Waals surface area contributed by atoms with Gasteiger partial charge < -0.3 is 10.6 Å². The van der Waals surface area contributed by atoms with E-state index < -0.39 is 21.0 Å². The van der Waals surface area contributed by atoms with Crippen molar-refractivity contribution < 1.29 is 9.63 Å². The molecule has 0 aromatic heterocycles. The summed E-state index contributed by atoms with van der Waals surface area (Å²) in [5.74, 6) is -0.236. The zero-order valence-electron chi connectivity index (χ0n) is 15.4. The van der Waals surface area contributed by atoms with Crippen molar-refractivity contribution in [3.8, 4) is 0 Å². The number of amides is 1. The van der Waals surface area contributed by atoms with E-state index in [4.69, 9.17) is 8.40 Å². The number of allylic oxidation sites excluding steroid dienone is 1. The third-order valence-corrected chi connectivity index (χ3v) is 6.95. The first kappa shape index (κ1) is 21.8. The number of hydrogen-bond acceptors (Lipinski definition) is 6. The summed E-state index contributed by atoms with van der Waals surface area (Å²) in [7, 11) is 3.26. The van der Waals surface area contributed by atoms with Crippen molar-refractivity contribution in [1.82, 2.24) is 16.1 Å². The van der Waals surface area contributed by atoms with Crippen LogP contribution in [-0.4, -0.2) is 30.0 Å². The van der Waals surface area contributed by atoms with Gasteiger partial charge in [-0.05, 0) is 67.8 Å². The lowest BCUT2D eigenvalue weighted by atomic mass is 10.0. The minimum absolute atomic E-state index is 0.236. The Hall–Kier alpha value is -1.47. The van der Waals surface area contributed by atoms with Crippen LogP contribution in [0.25, 0.3) is 0 Å². The lowest BCUT2D eigenvalue weighted by molar-refractivity contribution is 0.0537. The fraction of sp³-hybridized carbons (Fsp3) is 0.278. The van der Waals surface area contributed by atoms with Crippen molar-refractivity contribution in [2.75, 3.05) is 14.2 Å². The van der Waals surface area contributed by atoms with Crippen LogP contribution in [0.4, 0.5) is 0 Å². The van der Waals surface area contributed by atoms with Gasteiger partial charge in [0, 0.05) is 46.1 Å². The van der Waals surface area contributed by atoms with Crippen LogP contribution in [-0.2, 0) is 11.3 Å². The van der Waals surface area contributed by atoms with Crippen molar-refractivity contribution in [3.05, 3.63) is 54.4 Å². The molecule has 0 unspecified atom stereocenters. The maximum atomic E-state index is 12.0. The number of rotatable bonds is 9. The topological polar surface area (TPSA) is 98.6 Å². The molecule has 7 nitrogen and oxygen atoms in total. The molecule has 1 aromatic carbocycles. The number of carbonyl (C=O) groups excluding carboxylic acids is 1. The molecular weight excluding hydrogens is 572 g/mol. The summed E-state index contributed by atoms with van der Waals surface area (Å²) in [4.78, 5) is 21.2. The van der Waals surface area contributed by atoms with Gasteiger partial charge in [-0.15, -0.1) is 0 Å². The van der Waals surface area contributed by atoms with Crippen LogP contribution in [0.15, 0.2) is 42.8 Å². The highest BCUT2D eigenvalue weighted by Crippen LogP contribution is 2.20. The van der Waals surface area contributed by atoms with Crippen molar-refractivity contribution in [1.29, 1.82) is 3.56 Å². The average Bonchev–Trinajstić information content (AvgIpc) is 2.67. The Labute approximate surface area is 179 Å². The molecule has 1 amide bonds. The fourth-order valence-corrected chi connectivity index (χ4v) is 5.67. The summed E-state index contributed by atoms with van der Waals surface area (Å²) in [6.07, 6.45) is 5.47. The molecule has 1 heterocycles. The molecule has 0 spiro atoms. The molecule has 9 heteroatoms. The Kier molecular flexibility index (Phi) is 9.21. The van der Waals surface area contributed by atoms with E-state index in [0.717, 1.165) is 31.4 Å². The number of carbonyl (C=O) groups is 1. The van der Waals surface area contributed by atoms with Gasteiger partial charge in [-0.3, -0.25) is 13.2 Å². The number of hydrogen-bond donors (Lipinski definition) is 4. The highest BCUT2D eigenvalue weighted by Gasteiger charge is 2.09. The predicted octanol–water partition coefficient (Wildman–Crippen LogP) is 3.59. The van der Waals surface area contributed by atoms with Crippen molar-refractivity contribution in [2.24, 2.45) is 4.99 Å². The van der Waals surface area contributed by atoms with Gasteiger partial charge in [-0.25, -0.2) is 10.5 Å². The Morgan fingerprint density at radius 3 is 2.81 bits per heavy atom. The molecule has 0 bridgehead atoms. The highest BCUT2D eigenvalue weighted by molar-refractivity contribution is 14.2. The molecule has 4 N–H and O–H groups in total. The van der Waals surface area contributed by atoms with E-state index in [9.17, 15) is 4.79 Å². The van der Waals surface area contributed by atoms with Crippen LogP contribution >= 0.6 is 41.8 Å². The summed E-state index contributed by atoms with van der Waals surface area (Å²) < 4.78 is 11.8. The Balaban J connectivity index is 2.00. The Morgan fingerprint density at radius 2 is 2.19 bits per heavy atom. The zero-order chi connectivity index (χ0) is 19.6. The number of benzene rings is 1. The monoisotopic (exact) mass is 595 g/mol. The van der Waals surface area contributed by atoms with E-state index in [1.165, 1.54) is 12.7 Å². The average molecular weight is 595 g/mol. The van der Waals surface area contributed by atoms with Crippen molar-refractivity contribution >= 4 is 57.6 Å². The summed E-state index contributed by atoms with van der Waals surface area (Å²) in [6.45, 7) is 1.98. The number of hydroxylamine groups is 1. The standard InChI is InChI=1S/C18H23I2N5O2/c1-12-6-13(8-15(7-12)17(26)25-27-3)4-5-14-9-19-18(23-10-14)24-16(20-21)11-22-2/h6-11,21-22H,4-5H2,1-3H3,(H,23,24)(H,25,26)/b16-11+. The van der Waals surface area contributed by atoms with Gasteiger partial charge in [0.25, 0.3) is 5.91 Å². The molecule has 146 valence electrons. The lowest BCUT2D eigenvalue weighted by Gasteiger charge is -2.11. The van der Waals surface area contributed by atoms with Crippen LogP contribution in [0.3, 0.4) is 0 Å². The third-order valence-electron chi connectivity index (χ3n) is 3.53. The SMILES string of the molecule is CN/C=C(/NC1=IC=C(CCc2cc(C)cc(C(=O)NOC)c2)C=N1)I=N. The maximum Gasteiger partial charge on any atom is 0.274 e. The third kappa shape index (κ3) is 7.22. The molecule has 27 heavy (non-hydrogen) atoms. The summed E-state index contributed by atoms with van der Waals surface area (Å²) in [5, 5.41) is 6.23. The smallest absolute Gasteiger partial charge is 0.274 e. The molecule has 1 aliphatic heterocycles. The van der Waals surface area contributed by atoms with E-state index in [2.05, 4.69) is 31.3 Å². The second kappa shape index (κ2) is 11.4. The van der Waals surface area contributed by atoms with Gasteiger partial charge >= 0.3 is 0 Å². The Bertz CT molecular complexity index is 831. The van der Waals surface area contributed by atoms with Gasteiger partial charge in [0.2, 0.25) is 0 Å². The van der Waals surface area contributed by atoms with Gasteiger partial charge in [-0.1, -0.05) is 11.6 Å². The van der Waals surface area contributed by atoms with E-state index in [1.807, 2.05) is 38.5 Å². The van der Waals surface area contributed by atoms with E-state index in [-0.39, 0.29) is 26.6 Å². The van der Waals surface area contributed by atoms with Crippen LogP contribution in [0.5, 0.6) is 0 Å². The van der Waals surface area contributed by atoms with Crippen molar-refractivity contribution in [2.45, 2.75) is 19.8 Å². The molecular formula is C18H23I2N5O2. The van der Waals surface area contributed by atoms with E-state index in [0.29, 0.717) is 5.56 Å². The molecule has 1 aromatic rings. The summed E-state index contributed by atoms with van der Waals surface area (Å²) in [6, 6.07) is 5.86. The molecule has 0 aliphatic carbocycles. The van der Waals surface area contributed by atoms with Crippen LogP contribution in [0, 0.1) is 10.5 Å². The second-order valence-electron chi connectivity index (χ2n) is 5.69. The van der Waals surface area contributed by atoms with E-state index >= 15 is 0 Å². The first-order valence-electron chi connectivity index (χ1n) is 8.18. The largest absolute Gasteiger partial charge is 0.392 e. The molecule has 0 fully saturated rings. The minimum atomic E-state index is -0.758. The maximum absolute atomic E-state index is 12.0. The minimum Gasteiger partial charge on any atom is -0.392 e. The molecule has 0 atom stereocenters. The summed E-state index contributed by atoms with van der Waals surface area (Å²) in [5.41, 5.74) is 6.35. The van der Waals surface area contributed by atoms with Crippen LogP contribution in [0.2, 0.25) is 0 Å². The second-order valence-corrected chi connectivity index (χ2v) is 9.65. The number of nitrogens with one attached hydrogen (secondary N) is 4. The quantitative estimate of drug-likeness (QED) is 0.200. The number of aryl methyl sites for hydroxylation is 2. The lowest BCUT2D eigenvalue weighted by Crippen LogP contribution is -2.22. The van der Waals surface area contributed by atoms with Gasteiger partial charge in [-0.2, -0.15) is 0 Å². The van der Waals surface area contributed by atoms with Crippen LogP contribution in [0.1, 0.15) is 27.9 Å². The molecule has 2 rings (SSSR count). The zero-order valence-corrected chi connectivity index (χ0v) is 19.7. The normalized spacial score (nSPS) is 14.0. The predicted molar refractivity (Wildman–Crippen MR) is 127 cm³/mol. The van der Waals surface area contributed by atoms with Gasteiger partial charge in [0.05, 0.1) is 7.11 Å². The van der Waals surface area contributed by atoms with Crippen LogP contribution < -0.4 is 16.1 Å². The first-order chi connectivity index (χ1) is 13.0. The van der Waals surface area contributed by atoms with Gasteiger partial charge in [0.15, 0.2) is 3.76 Å². The van der Waals surface area contributed by atoms with Gasteiger partial charge in [0.1, 0.15) is 3.70 Å². The number of aliphatic imine (C=N–C) groups is 1. The van der Waals surface area contributed by atoms with E-state index in [1.54, 1.807) is 0 Å². The molecule has 0 saturated carbocycles.